The van der Waals surface area contributed by atoms with Crippen molar-refractivity contribution in [3.05, 3.63) is 48.6 Å². The molecule has 0 bridgehead atoms. The van der Waals surface area contributed by atoms with E-state index in [1.54, 1.807) is 0 Å². The van der Waals surface area contributed by atoms with E-state index in [-0.39, 0.29) is 25.8 Å². The zero-order valence-corrected chi connectivity index (χ0v) is 42.9. The summed E-state index contributed by atoms with van der Waals surface area (Å²) in [5.74, 6) is -0.336. The van der Waals surface area contributed by atoms with Gasteiger partial charge in [-0.3, -0.25) is 9.36 Å². The number of phosphoric ester groups is 1. The molecule has 0 N–H and O–H groups in total. The average molecular weight is 908 g/mol. The Balaban J connectivity index is 4.11. The fourth-order valence-corrected chi connectivity index (χ4v) is 8.05. The molecule has 0 fully saturated rings. The van der Waals surface area contributed by atoms with Crippen LogP contribution in [0, 0.1) is 0 Å². The molecular formula is C54H102NO7P. The monoisotopic (exact) mass is 908 g/mol. The van der Waals surface area contributed by atoms with Crippen molar-refractivity contribution in [2.75, 3.05) is 54.1 Å². The normalized spacial score (nSPS) is 13.9. The molecule has 0 aromatic rings. The number of quaternary nitrogens is 1. The number of hydrogen-bond acceptors (Lipinski definition) is 7. The van der Waals surface area contributed by atoms with Crippen molar-refractivity contribution >= 4 is 13.8 Å². The van der Waals surface area contributed by atoms with E-state index < -0.39 is 13.9 Å². The highest BCUT2D eigenvalue weighted by molar-refractivity contribution is 7.45. The Labute approximate surface area is 390 Å². The molecule has 0 rings (SSSR count). The van der Waals surface area contributed by atoms with Gasteiger partial charge in [0.25, 0.3) is 7.82 Å². The number of likely N-dealkylation sites (N-methyl/N-ethyl adjacent to an activating group) is 1. The van der Waals surface area contributed by atoms with E-state index in [1.807, 2.05) is 21.1 Å². The largest absolute Gasteiger partial charge is 0.756 e. The highest BCUT2D eigenvalue weighted by Crippen LogP contribution is 2.38. The number of nitrogens with zero attached hydrogens (tertiary/aromatic N) is 1. The van der Waals surface area contributed by atoms with E-state index in [4.69, 9.17) is 18.5 Å². The smallest absolute Gasteiger partial charge is 0.306 e. The van der Waals surface area contributed by atoms with Crippen LogP contribution in [-0.4, -0.2) is 70.7 Å². The quantitative estimate of drug-likeness (QED) is 0.0197. The molecule has 0 saturated heterocycles. The van der Waals surface area contributed by atoms with Gasteiger partial charge in [-0.05, 0) is 70.6 Å². The summed E-state index contributed by atoms with van der Waals surface area (Å²) in [5, 5.41) is 0. The predicted molar refractivity (Wildman–Crippen MR) is 268 cm³/mol. The first kappa shape index (κ1) is 61.5. The number of unbranched alkanes of at least 4 members (excludes halogenated alkanes) is 27. The summed E-state index contributed by atoms with van der Waals surface area (Å²) < 4.78 is 34.8. The van der Waals surface area contributed by atoms with Gasteiger partial charge in [-0.15, -0.1) is 0 Å². The first-order chi connectivity index (χ1) is 30.6. The topological polar surface area (TPSA) is 94.1 Å². The van der Waals surface area contributed by atoms with Crippen molar-refractivity contribution in [1.82, 2.24) is 0 Å². The van der Waals surface area contributed by atoms with Gasteiger partial charge in [0.1, 0.15) is 19.3 Å². The Morgan fingerprint density at radius 3 is 1.40 bits per heavy atom. The molecule has 370 valence electrons. The Morgan fingerprint density at radius 1 is 0.508 bits per heavy atom. The Kier molecular flexibility index (Phi) is 45.8. The molecule has 0 aliphatic rings. The standard InChI is InChI=1S/C54H102NO7P/c1-6-8-10-12-14-16-18-20-22-24-26-27-28-29-30-31-33-35-37-39-41-43-45-47-54(56)62-53(52-61-63(57,58)60-50-48-55(3,4)5)51-59-49-46-44-42-40-38-36-34-32-25-23-21-19-17-15-13-11-9-7-2/h9,11,15,17,21,23-24,26,53H,6-8,10,12-14,16,18-20,22,25,27-52H2,1-5H3/b11-9-,17-15-,23-21-,26-24-. The van der Waals surface area contributed by atoms with Gasteiger partial charge in [0.2, 0.25) is 0 Å². The van der Waals surface area contributed by atoms with E-state index in [9.17, 15) is 14.3 Å². The number of ether oxygens (including phenoxy) is 2. The maximum atomic E-state index is 12.8. The number of esters is 1. The number of carbonyl (C=O) groups excluding carboxylic acids is 1. The number of phosphoric acid groups is 1. The van der Waals surface area contributed by atoms with Crippen LogP contribution in [0.4, 0.5) is 0 Å². The SMILES string of the molecule is CC/C=C\C/C=C\C/C=C\CCCCCCCCCCOCC(COP(=O)([O-])OCC[N+](C)(C)C)OC(=O)CCCCCCCCCCCCC/C=C\CCCCCCCCCC. The van der Waals surface area contributed by atoms with Crippen LogP contribution in [0.15, 0.2) is 48.6 Å². The molecule has 8 nitrogen and oxygen atoms in total. The summed E-state index contributed by atoms with van der Waals surface area (Å²) in [5.41, 5.74) is 0. The lowest BCUT2D eigenvalue weighted by molar-refractivity contribution is -0.870. The van der Waals surface area contributed by atoms with Gasteiger partial charge in [0, 0.05) is 13.0 Å². The van der Waals surface area contributed by atoms with Crippen LogP contribution in [0.5, 0.6) is 0 Å². The first-order valence-electron chi connectivity index (χ1n) is 26.4. The molecule has 2 atom stereocenters. The maximum Gasteiger partial charge on any atom is 0.306 e. The second-order valence-corrected chi connectivity index (χ2v) is 20.3. The summed E-state index contributed by atoms with van der Waals surface area (Å²) >= 11 is 0. The Hall–Kier alpha value is -1.54. The van der Waals surface area contributed by atoms with E-state index in [0.29, 0.717) is 24.1 Å². The fraction of sp³-hybridized carbons (Fsp3) is 0.833. The van der Waals surface area contributed by atoms with Crippen LogP contribution in [0.1, 0.15) is 232 Å². The van der Waals surface area contributed by atoms with Crippen LogP contribution >= 0.6 is 7.82 Å². The Bertz CT molecular complexity index is 1150. The van der Waals surface area contributed by atoms with Crippen molar-refractivity contribution in [2.24, 2.45) is 0 Å². The molecular weight excluding hydrogens is 806 g/mol. The van der Waals surface area contributed by atoms with Crippen LogP contribution in [0.2, 0.25) is 0 Å². The average Bonchev–Trinajstić information content (AvgIpc) is 3.24. The first-order valence-corrected chi connectivity index (χ1v) is 27.8. The van der Waals surface area contributed by atoms with Crippen LogP contribution in [0.25, 0.3) is 0 Å². The summed E-state index contributed by atoms with van der Waals surface area (Å²) in [6.45, 7) is 5.31. The van der Waals surface area contributed by atoms with Crippen LogP contribution in [0.3, 0.4) is 0 Å². The van der Waals surface area contributed by atoms with Crippen molar-refractivity contribution in [2.45, 2.75) is 238 Å². The third kappa shape index (κ3) is 51.3. The minimum absolute atomic E-state index is 0.0237. The van der Waals surface area contributed by atoms with Crippen molar-refractivity contribution in [3.8, 4) is 0 Å². The van der Waals surface area contributed by atoms with Gasteiger partial charge >= 0.3 is 5.97 Å². The molecule has 0 amide bonds. The third-order valence-electron chi connectivity index (χ3n) is 11.4. The fourth-order valence-electron chi connectivity index (χ4n) is 7.32. The van der Waals surface area contributed by atoms with Gasteiger partial charge in [-0.1, -0.05) is 204 Å². The van der Waals surface area contributed by atoms with Gasteiger partial charge in [0.15, 0.2) is 0 Å². The Morgan fingerprint density at radius 2 is 0.921 bits per heavy atom. The summed E-state index contributed by atoms with van der Waals surface area (Å²) in [6, 6.07) is 0. The van der Waals surface area contributed by atoms with E-state index in [2.05, 4.69) is 62.5 Å². The molecule has 0 aromatic heterocycles. The number of hydrogen-bond donors (Lipinski definition) is 0. The minimum Gasteiger partial charge on any atom is -0.756 e. The summed E-state index contributed by atoms with van der Waals surface area (Å²) in [6.07, 6.45) is 58.5. The summed E-state index contributed by atoms with van der Waals surface area (Å²) in [7, 11) is 1.35. The van der Waals surface area contributed by atoms with Crippen molar-refractivity contribution in [3.63, 3.8) is 0 Å². The second kappa shape index (κ2) is 47.0. The highest BCUT2D eigenvalue weighted by Gasteiger charge is 2.20. The third-order valence-corrected chi connectivity index (χ3v) is 12.3. The molecule has 0 spiro atoms. The van der Waals surface area contributed by atoms with Gasteiger partial charge in [-0.25, -0.2) is 0 Å². The van der Waals surface area contributed by atoms with E-state index in [1.165, 1.54) is 154 Å². The lowest BCUT2D eigenvalue weighted by Gasteiger charge is -2.28. The van der Waals surface area contributed by atoms with Crippen molar-refractivity contribution < 1.29 is 37.3 Å². The minimum atomic E-state index is -4.53. The molecule has 63 heavy (non-hydrogen) atoms. The number of allylic oxidation sites excluding steroid dienone is 8. The zero-order valence-electron chi connectivity index (χ0n) is 42.0. The molecule has 0 heterocycles. The molecule has 0 aliphatic carbocycles. The molecule has 2 unspecified atom stereocenters. The van der Waals surface area contributed by atoms with E-state index >= 15 is 0 Å². The van der Waals surface area contributed by atoms with Gasteiger partial charge in [-0.2, -0.15) is 0 Å². The molecule has 0 saturated carbocycles. The van der Waals surface area contributed by atoms with Crippen molar-refractivity contribution in [1.29, 1.82) is 0 Å². The predicted octanol–water partition coefficient (Wildman–Crippen LogP) is 15.7. The van der Waals surface area contributed by atoms with Crippen LogP contribution < -0.4 is 4.89 Å². The number of carbonyl (C=O) groups is 1. The number of rotatable bonds is 49. The zero-order chi connectivity index (χ0) is 46.2. The highest BCUT2D eigenvalue weighted by atomic mass is 31.2. The van der Waals surface area contributed by atoms with Gasteiger partial charge in [0.05, 0.1) is 34.4 Å². The van der Waals surface area contributed by atoms with Crippen LogP contribution in [-0.2, 0) is 27.9 Å². The molecule has 0 aromatic carbocycles. The maximum absolute atomic E-state index is 12.8. The summed E-state index contributed by atoms with van der Waals surface area (Å²) in [4.78, 5) is 25.2. The second-order valence-electron chi connectivity index (χ2n) is 18.9. The van der Waals surface area contributed by atoms with Gasteiger partial charge < -0.3 is 27.9 Å². The molecule has 9 heteroatoms. The van der Waals surface area contributed by atoms with E-state index in [0.717, 1.165) is 57.8 Å². The lowest BCUT2D eigenvalue weighted by atomic mass is 10.0. The molecule has 0 radical (unpaired) electrons. The lowest BCUT2D eigenvalue weighted by Crippen LogP contribution is -2.37. The molecule has 0 aliphatic heterocycles.